The fraction of sp³-hybridized carbons (Fsp3) is 0.600. The predicted octanol–water partition coefficient (Wildman–Crippen LogP) is 3.56. The molecule has 0 saturated carbocycles. The van der Waals surface area contributed by atoms with Crippen molar-refractivity contribution in [2.75, 3.05) is 7.11 Å². The van der Waals surface area contributed by atoms with Crippen molar-refractivity contribution in [1.82, 2.24) is 9.97 Å². The molecule has 0 aliphatic rings. The minimum Gasteiger partial charge on any atom is -0.374 e. The molecule has 0 spiro atoms. The first kappa shape index (κ1) is 12.8. The van der Waals surface area contributed by atoms with Crippen molar-refractivity contribution in [2.45, 2.75) is 32.8 Å². The Hall–Kier alpha value is -0.260. The van der Waals surface area contributed by atoms with Gasteiger partial charge in [0.1, 0.15) is 16.6 Å². The van der Waals surface area contributed by atoms with Crippen molar-refractivity contribution in [1.29, 1.82) is 0 Å². The molecular weight excluding hydrogens is 276 g/mol. The number of ether oxygens (including phenoxy) is 1. The Balaban J connectivity index is 3.21. The van der Waals surface area contributed by atoms with Gasteiger partial charge in [0.25, 0.3) is 0 Å². The third-order valence-electron chi connectivity index (χ3n) is 2.27. The van der Waals surface area contributed by atoms with Crippen LogP contribution in [0.2, 0.25) is 0 Å². The average Bonchev–Trinajstić information content (AvgIpc) is 2.24. The van der Waals surface area contributed by atoms with E-state index in [9.17, 15) is 0 Å². The number of aryl methyl sites for hydroxylation is 1. The van der Waals surface area contributed by atoms with Gasteiger partial charge >= 0.3 is 0 Å². The lowest BCUT2D eigenvalue weighted by atomic mass is 10.2. The normalized spacial score (nSPS) is 12.8. The first-order valence-corrected chi connectivity index (χ1v) is 6.15. The summed E-state index contributed by atoms with van der Waals surface area (Å²) < 4.78 is 6.80. The maximum absolute atomic E-state index is 5.32. The topological polar surface area (TPSA) is 37.9 Å². The first-order valence-electron chi connectivity index (χ1n) is 4.95. The molecule has 0 aliphatic carbocycles. The number of aromatic nitrogens is 2. The van der Waals surface area contributed by atoms with E-state index in [0.29, 0.717) is 4.64 Å². The Labute approximate surface area is 103 Å². The zero-order valence-electron chi connectivity index (χ0n) is 9.13. The SMILES string of the molecule is CCc1[nH]c(C(CC)OC)nc(=S)c1Br. The van der Waals surface area contributed by atoms with Crippen LogP contribution in [0.1, 0.15) is 37.9 Å². The third-order valence-corrected chi connectivity index (χ3v) is 3.68. The number of halogens is 1. The number of H-pyrrole nitrogens is 1. The summed E-state index contributed by atoms with van der Waals surface area (Å²) in [6.07, 6.45) is 1.75. The van der Waals surface area contributed by atoms with Gasteiger partial charge in [0.2, 0.25) is 0 Å². The van der Waals surface area contributed by atoms with Crippen molar-refractivity contribution < 1.29 is 4.74 Å². The molecule has 1 aromatic heterocycles. The highest BCUT2D eigenvalue weighted by atomic mass is 79.9. The van der Waals surface area contributed by atoms with Crippen LogP contribution in [0.15, 0.2) is 4.47 Å². The maximum Gasteiger partial charge on any atom is 0.144 e. The fourth-order valence-corrected chi connectivity index (χ4v) is 2.08. The van der Waals surface area contributed by atoms with E-state index in [2.05, 4.69) is 39.7 Å². The number of aromatic amines is 1. The second kappa shape index (κ2) is 5.72. The van der Waals surface area contributed by atoms with Gasteiger partial charge in [-0.05, 0) is 28.8 Å². The van der Waals surface area contributed by atoms with E-state index in [1.165, 1.54) is 0 Å². The van der Waals surface area contributed by atoms with Gasteiger partial charge < -0.3 is 9.72 Å². The van der Waals surface area contributed by atoms with Crippen molar-refractivity contribution in [3.8, 4) is 0 Å². The Kier molecular flexibility index (Phi) is 4.89. The number of nitrogens with one attached hydrogen (secondary N) is 1. The van der Waals surface area contributed by atoms with Crippen molar-refractivity contribution in [3.63, 3.8) is 0 Å². The van der Waals surface area contributed by atoms with Crippen LogP contribution in [-0.4, -0.2) is 17.1 Å². The van der Waals surface area contributed by atoms with E-state index in [1.54, 1.807) is 7.11 Å². The lowest BCUT2D eigenvalue weighted by molar-refractivity contribution is 0.0922. The van der Waals surface area contributed by atoms with Crippen LogP contribution < -0.4 is 0 Å². The van der Waals surface area contributed by atoms with Crippen LogP contribution in [0.3, 0.4) is 0 Å². The summed E-state index contributed by atoms with van der Waals surface area (Å²) in [4.78, 5) is 7.57. The number of rotatable bonds is 4. The van der Waals surface area contributed by atoms with Crippen molar-refractivity contribution >= 4 is 28.1 Å². The molecule has 0 radical (unpaired) electrons. The lowest BCUT2D eigenvalue weighted by Crippen LogP contribution is -2.08. The van der Waals surface area contributed by atoms with Crippen molar-refractivity contribution in [2.24, 2.45) is 0 Å². The second-order valence-electron chi connectivity index (χ2n) is 3.21. The summed E-state index contributed by atoms with van der Waals surface area (Å²) in [5.41, 5.74) is 1.07. The monoisotopic (exact) mass is 290 g/mol. The molecule has 5 heteroatoms. The standard InChI is InChI=1S/C10H15BrN2OS/c1-4-6-8(11)10(15)13-9(12-6)7(5-2)14-3/h7H,4-5H2,1-3H3,(H,12,13,15). The van der Waals surface area contributed by atoms with E-state index in [-0.39, 0.29) is 6.10 Å². The Morgan fingerprint density at radius 1 is 1.53 bits per heavy atom. The van der Waals surface area contributed by atoms with Crippen LogP contribution in [0.4, 0.5) is 0 Å². The molecule has 0 fully saturated rings. The average molecular weight is 291 g/mol. The quantitative estimate of drug-likeness (QED) is 0.862. The van der Waals surface area contributed by atoms with Gasteiger partial charge in [0.05, 0.1) is 4.47 Å². The summed E-state index contributed by atoms with van der Waals surface area (Å²) in [5, 5.41) is 0. The Bertz CT molecular complexity index is 387. The third kappa shape index (κ3) is 2.86. The molecule has 1 atom stereocenters. The van der Waals surface area contributed by atoms with E-state index < -0.39 is 0 Å². The smallest absolute Gasteiger partial charge is 0.144 e. The molecule has 1 unspecified atom stereocenters. The number of hydrogen-bond acceptors (Lipinski definition) is 3. The highest BCUT2D eigenvalue weighted by Gasteiger charge is 2.12. The molecule has 0 saturated heterocycles. The molecule has 1 aromatic rings. The number of hydrogen-bond donors (Lipinski definition) is 1. The van der Waals surface area contributed by atoms with E-state index in [0.717, 1.165) is 28.8 Å². The van der Waals surface area contributed by atoms with Gasteiger partial charge in [0, 0.05) is 12.8 Å². The molecule has 0 aliphatic heterocycles. The summed E-state index contributed by atoms with van der Waals surface area (Å²) in [6, 6.07) is 0. The fourth-order valence-electron chi connectivity index (χ4n) is 1.39. The predicted molar refractivity (Wildman–Crippen MR) is 66.5 cm³/mol. The molecule has 0 amide bonds. The minimum atomic E-state index is -0.00917. The zero-order valence-corrected chi connectivity index (χ0v) is 11.5. The molecule has 3 nitrogen and oxygen atoms in total. The zero-order chi connectivity index (χ0) is 11.4. The van der Waals surface area contributed by atoms with Crippen molar-refractivity contribution in [3.05, 3.63) is 20.6 Å². The van der Waals surface area contributed by atoms with Gasteiger partial charge in [-0.1, -0.05) is 26.1 Å². The minimum absolute atomic E-state index is 0.00917. The van der Waals surface area contributed by atoms with Crippen LogP contribution in [0.25, 0.3) is 0 Å². The van der Waals surface area contributed by atoms with E-state index in [1.807, 2.05) is 0 Å². The summed E-state index contributed by atoms with van der Waals surface area (Å²) >= 11 is 8.60. The molecule has 1 heterocycles. The molecule has 1 rings (SSSR count). The van der Waals surface area contributed by atoms with Gasteiger partial charge in [-0.25, -0.2) is 4.98 Å². The maximum atomic E-state index is 5.32. The van der Waals surface area contributed by atoms with E-state index >= 15 is 0 Å². The number of nitrogens with zero attached hydrogens (tertiary/aromatic N) is 1. The Morgan fingerprint density at radius 3 is 2.67 bits per heavy atom. The highest BCUT2D eigenvalue weighted by Crippen LogP contribution is 2.21. The molecular formula is C10H15BrN2OS. The van der Waals surface area contributed by atoms with E-state index in [4.69, 9.17) is 17.0 Å². The molecule has 0 bridgehead atoms. The van der Waals surface area contributed by atoms with Gasteiger partial charge in [0.15, 0.2) is 0 Å². The van der Waals surface area contributed by atoms with Crippen LogP contribution >= 0.6 is 28.1 Å². The number of methoxy groups -OCH3 is 1. The molecule has 15 heavy (non-hydrogen) atoms. The second-order valence-corrected chi connectivity index (χ2v) is 4.39. The van der Waals surface area contributed by atoms with Crippen LogP contribution in [-0.2, 0) is 11.2 Å². The summed E-state index contributed by atoms with van der Waals surface area (Å²) in [6.45, 7) is 4.13. The van der Waals surface area contributed by atoms with Gasteiger partial charge in [-0.15, -0.1) is 0 Å². The largest absolute Gasteiger partial charge is 0.374 e. The summed E-state index contributed by atoms with van der Waals surface area (Å²) in [5.74, 6) is 0.810. The molecule has 0 aromatic carbocycles. The van der Waals surface area contributed by atoms with Crippen LogP contribution in [0, 0.1) is 4.64 Å². The molecule has 84 valence electrons. The first-order chi connectivity index (χ1) is 7.13. The lowest BCUT2D eigenvalue weighted by Gasteiger charge is -2.14. The molecule has 1 N–H and O–H groups in total. The van der Waals surface area contributed by atoms with Gasteiger partial charge in [-0.3, -0.25) is 0 Å². The highest BCUT2D eigenvalue weighted by molar-refractivity contribution is 9.10. The summed E-state index contributed by atoms with van der Waals surface area (Å²) in [7, 11) is 1.68. The van der Waals surface area contributed by atoms with Crippen LogP contribution in [0.5, 0.6) is 0 Å². The van der Waals surface area contributed by atoms with Gasteiger partial charge in [-0.2, -0.15) is 0 Å². The Morgan fingerprint density at radius 2 is 2.20 bits per heavy atom.